The summed E-state index contributed by atoms with van der Waals surface area (Å²) in [6.07, 6.45) is 6.39. The number of nitrogens with two attached hydrogens (primary N) is 1. The highest BCUT2D eigenvalue weighted by atomic mass is 15.1. The molecule has 0 bridgehead atoms. The van der Waals surface area contributed by atoms with Gasteiger partial charge in [0.1, 0.15) is 0 Å². The summed E-state index contributed by atoms with van der Waals surface area (Å²) in [7, 11) is 0. The van der Waals surface area contributed by atoms with Crippen LogP contribution in [0, 0.1) is 18.3 Å². The summed E-state index contributed by atoms with van der Waals surface area (Å²) in [5.74, 6) is 3.33. The first-order chi connectivity index (χ1) is 4.86. The summed E-state index contributed by atoms with van der Waals surface area (Å²) in [6.45, 7) is 3.82. The van der Waals surface area contributed by atoms with Gasteiger partial charge in [-0.3, -0.25) is 4.90 Å². The summed E-state index contributed by atoms with van der Waals surface area (Å²) >= 11 is 0. The Morgan fingerprint density at radius 1 is 1.70 bits per heavy atom. The van der Waals surface area contributed by atoms with Crippen molar-refractivity contribution in [3.63, 3.8) is 0 Å². The first-order valence-electron chi connectivity index (χ1n) is 3.72. The maximum absolute atomic E-state index is 5.51. The lowest BCUT2D eigenvalue weighted by molar-refractivity contribution is 0.366. The van der Waals surface area contributed by atoms with Gasteiger partial charge in [-0.2, -0.15) is 0 Å². The number of likely N-dealkylation sites (tertiary alicyclic amines) is 1. The van der Waals surface area contributed by atoms with Crippen LogP contribution in [-0.4, -0.2) is 31.1 Å². The molecule has 1 unspecified atom stereocenters. The van der Waals surface area contributed by atoms with Crippen LogP contribution in [0.25, 0.3) is 0 Å². The molecule has 1 heterocycles. The third-order valence-corrected chi connectivity index (χ3v) is 2.02. The molecule has 0 aromatic carbocycles. The molecule has 1 aliphatic heterocycles. The number of terminal acetylenes is 1. The lowest BCUT2D eigenvalue weighted by Crippen LogP contribution is -2.23. The van der Waals surface area contributed by atoms with Crippen molar-refractivity contribution in [3.8, 4) is 12.3 Å². The predicted octanol–water partition coefficient (Wildman–Crippen LogP) is -0.0998. The second-order valence-corrected chi connectivity index (χ2v) is 2.83. The van der Waals surface area contributed by atoms with Crippen molar-refractivity contribution in [3.05, 3.63) is 0 Å². The van der Waals surface area contributed by atoms with E-state index in [-0.39, 0.29) is 0 Å². The molecule has 1 fully saturated rings. The van der Waals surface area contributed by atoms with Gasteiger partial charge in [-0.1, -0.05) is 5.92 Å². The van der Waals surface area contributed by atoms with Crippen LogP contribution < -0.4 is 5.73 Å². The van der Waals surface area contributed by atoms with Crippen LogP contribution >= 0.6 is 0 Å². The van der Waals surface area contributed by atoms with E-state index in [1.807, 2.05) is 0 Å². The van der Waals surface area contributed by atoms with Crippen LogP contribution in [0.2, 0.25) is 0 Å². The number of hydrogen-bond donors (Lipinski definition) is 1. The number of hydrogen-bond acceptors (Lipinski definition) is 2. The van der Waals surface area contributed by atoms with Crippen molar-refractivity contribution in [2.75, 3.05) is 26.2 Å². The largest absolute Gasteiger partial charge is 0.330 e. The zero-order valence-corrected chi connectivity index (χ0v) is 6.21. The highest BCUT2D eigenvalue weighted by Crippen LogP contribution is 2.13. The Morgan fingerprint density at radius 2 is 2.50 bits per heavy atom. The molecule has 0 amide bonds. The van der Waals surface area contributed by atoms with Gasteiger partial charge in [-0.25, -0.2) is 0 Å². The number of rotatable bonds is 2. The molecule has 0 aliphatic carbocycles. The molecular weight excluding hydrogens is 124 g/mol. The molecule has 10 heavy (non-hydrogen) atoms. The SMILES string of the molecule is C#CCN1CCC(CN)C1. The molecule has 1 rings (SSSR count). The highest BCUT2D eigenvalue weighted by Gasteiger charge is 2.19. The van der Waals surface area contributed by atoms with E-state index in [0.29, 0.717) is 5.92 Å². The molecule has 56 valence electrons. The van der Waals surface area contributed by atoms with Crippen LogP contribution in [0.1, 0.15) is 6.42 Å². The fourth-order valence-electron chi connectivity index (χ4n) is 1.38. The molecule has 1 atom stereocenters. The fourth-order valence-corrected chi connectivity index (χ4v) is 1.38. The first-order valence-corrected chi connectivity index (χ1v) is 3.72. The maximum atomic E-state index is 5.51. The van der Waals surface area contributed by atoms with Crippen LogP contribution in [0.5, 0.6) is 0 Å². The minimum atomic E-state index is 0.688. The lowest BCUT2D eigenvalue weighted by Gasteiger charge is -2.10. The second-order valence-electron chi connectivity index (χ2n) is 2.83. The molecule has 0 aromatic heterocycles. The van der Waals surface area contributed by atoms with E-state index >= 15 is 0 Å². The van der Waals surface area contributed by atoms with E-state index in [1.165, 1.54) is 6.42 Å². The molecule has 0 radical (unpaired) electrons. The van der Waals surface area contributed by atoms with Crippen molar-refractivity contribution in [2.45, 2.75) is 6.42 Å². The molecule has 0 aromatic rings. The second kappa shape index (κ2) is 3.60. The van der Waals surface area contributed by atoms with E-state index in [4.69, 9.17) is 12.2 Å². The molecule has 0 saturated carbocycles. The van der Waals surface area contributed by atoms with Crippen LogP contribution in [0.4, 0.5) is 0 Å². The maximum Gasteiger partial charge on any atom is 0.0599 e. The Balaban J connectivity index is 2.23. The van der Waals surface area contributed by atoms with Gasteiger partial charge < -0.3 is 5.73 Å². The van der Waals surface area contributed by atoms with Gasteiger partial charge in [-0.05, 0) is 25.4 Å². The zero-order valence-electron chi connectivity index (χ0n) is 6.21. The highest BCUT2D eigenvalue weighted by molar-refractivity contribution is 4.90. The lowest BCUT2D eigenvalue weighted by atomic mass is 10.1. The first kappa shape index (κ1) is 7.59. The van der Waals surface area contributed by atoms with Crippen LogP contribution in [-0.2, 0) is 0 Å². The van der Waals surface area contributed by atoms with E-state index in [1.54, 1.807) is 0 Å². The minimum absolute atomic E-state index is 0.688. The average Bonchev–Trinajstić information content (AvgIpc) is 2.37. The third kappa shape index (κ3) is 1.73. The van der Waals surface area contributed by atoms with Crippen LogP contribution in [0.15, 0.2) is 0 Å². The molecule has 2 N–H and O–H groups in total. The van der Waals surface area contributed by atoms with Gasteiger partial charge in [0.05, 0.1) is 6.54 Å². The van der Waals surface area contributed by atoms with Gasteiger partial charge in [-0.15, -0.1) is 6.42 Å². The van der Waals surface area contributed by atoms with Crippen molar-refractivity contribution in [1.29, 1.82) is 0 Å². The predicted molar refractivity (Wildman–Crippen MR) is 42.4 cm³/mol. The molecule has 1 saturated heterocycles. The van der Waals surface area contributed by atoms with Crippen LogP contribution in [0.3, 0.4) is 0 Å². The Labute approximate surface area is 62.4 Å². The Hall–Kier alpha value is -0.520. The molecule has 0 spiro atoms. The van der Waals surface area contributed by atoms with Crippen molar-refractivity contribution < 1.29 is 0 Å². The molecule has 2 nitrogen and oxygen atoms in total. The van der Waals surface area contributed by atoms with Gasteiger partial charge in [0, 0.05) is 6.54 Å². The quantitative estimate of drug-likeness (QED) is 0.540. The smallest absolute Gasteiger partial charge is 0.0599 e. The summed E-state index contributed by atoms with van der Waals surface area (Å²) in [5, 5.41) is 0. The molecule has 2 heteroatoms. The summed E-state index contributed by atoms with van der Waals surface area (Å²) in [4.78, 5) is 2.28. The average molecular weight is 138 g/mol. The minimum Gasteiger partial charge on any atom is -0.330 e. The molecule has 1 aliphatic rings. The Bertz CT molecular complexity index is 137. The van der Waals surface area contributed by atoms with Gasteiger partial charge in [0.15, 0.2) is 0 Å². The topological polar surface area (TPSA) is 29.3 Å². The van der Waals surface area contributed by atoms with Crippen molar-refractivity contribution in [1.82, 2.24) is 4.90 Å². The van der Waals surface area contributed by atoms with Gasteiger partial charge in [0.25, 0.3) is 0 Å². The fraction of sp³-hybridized carbons (Fsp3) is 0.750. The zero-order chi connectivity index (χ0) is 7.40. The van der Waals surface area contributed by atoms with E-state index < -0.39 is 0 Å². The summed E-state index contributed by atoms with van der Waals surface area (Å²) in [6, 6.07) is 0. The Kier molecular flexibility index (Phi) is 2.73. The number of nitrogens with zero attached hydrogens (tertiary/aromatic N) is 1. The standard InChI is InChI=1S/C8H14N2/c1-2-4-10-5-3-8(6-9)7-10/h1,8H,3-7,9H2. The van der Waals surface area contributed by atoms with Gasteiger partial charge in [0.2, 0.25) is 0 Å². The summed E-state index contributed by atoms with van der Waals surface area (Å²) < 4.78 is 0. The molecular formula is C8H14N2. The Morgan fingerprint density at radius 3 is 3.00 bits per heavy atom. The van der Waals surface area contributed by atoms with Crippen molar-refractivity contribution in [2.24, 2.45) is 11.7 Å². The normalized spacial score (nSPS) is 26.6. The monoisotopic (exact) mass is 138 g/mol. The van der Waals surface area contributed by atoms with Crippen molar-refractivity contribution >= 4 is 0 Å². The summed E-state index contributed by atoms with van der Waals surface area (Å²) in [5.41, 5.74) is 5.51. The van der Waals surface area contributed by atoms with E-state index in [0.717, 1.165) is 26.2 Å². The van der Waals surface area contributed by atoms with E-state index in [9.17, 15) is 0 Å². The van der Waals surface area contributed by atoms with E-state index in [2.05, 4.69) is 10.8 Å². The third-order valence-electron chi connectivity index (χ3n) is 2.02. The van der Waals surface area contributed by atoms with Gasteiger partial charge >= 0.3 is 0 Å².